The van der Waals surface area contributed by atoms with Gasteiger partial charge in [-0.15, -0.1) is 0 Å². The number of alkyl halides is 1. The number of halogens is 3. The standard InChI is InChI=1S/C33H36F3N5O2/c1-2-23-26(35)10-9-19-13-22(42)14-24(27(19)23)29-28(36)30-25(16-37-29)31(38-21-7-4-3-5-8-21)40-32(39-30)43-18-33-11-6-12-41(33)17-20(34)15-33/h9-10,13-14,16,20-21,42H,2-8,11-12,15,17-18H2,1H3,(H,38,39,40)/t20-,33+/m1/s1. The highest BCUT2D eigenvalue weighted by Crippen LogP contribution is 2.41. The number of aromatic nitrogens is 3. The first kappa shape index (κ1) is 28.1. The van der Waals surface area contributed by atoms with E-state index in [2.05, 4.69) is 25.2 Å². The molecule has 2 atom stereocenters. The molecule has 0 radical (unpaired) electrons. The van der Waals surface area contributed by atoms with Gasteiger partial charge in [-0.1, -0.05) is 32.3 Å². The van der Waals surface area contributed by atoms with E-state index < -0.39 is 23.3 Å². The van der Waals surface area contributed by atoms with Gasteiger partial charge in [0.1, 0.15) is 41.4 Å². The van der Waals surface area contributed by atoms with Crippen LogP contribution in [-0.4, -0.2) is 62.4 Å². The number of aryl methyl sites for hydroxylation is 1. The van der Waals surface area contributed by atoms with Crippen LogP contribution in [-0.2, 0) is 6.42 Å². The summed E-state index contributed by atoms with van der Waals surface area (Å²) >= 11 is 0. The van der Waals surface area contributed by atoms with E-state index in [1.165, 1.54) is 30.8 Å². The quantitative estimate of drug-likeness (QED) is 0.237. The number of ether oxygens (including phenoxy) is 1. The first-order valence-electron chi connectivity index (χ1n) is 15.4. The number of nitrogens with zero attached hydrogens (tertiary/aromatic N) is 4. The fourth-order valence-electron chi connectivity index (χ4n) is 7.52. The van der Waals surface area contributed by atoms with Gasteiger partial charge in [-0.25, -0.2) is 13.2 Å². The van der Waals surface area contributed by atoms with E-state index in [4.69, 9.17) is 4.74 Å². The Morgan fingerprint density at radius 3 is 2.77 bits per heavy atom. The Balaban J connectivity index is 1.35. The van der Waals surface area contributed by atoms with E-state index in [1.54, 1.807) is 6.07 Å². The molecule has 0 bridgehead atoms. The number of fused-ring (bicyclic) bond motifs is 3. The van der Waals surface area contributed by atoms with Crippen molar-refractivity contribution in [3.05, 3.63) is 47.7 Å². The molecule has 0 amide bonds. The van der Waals surface area contributed by atoms with Crippen molar-refractivity contribution in [3.63, 3.8) is 0 Å². The molecule has 3 aliphatic rings. The number of nitrogens with one attached hydrogen (secondary N) is 1. The Hall–Kier alpha value is -3.66. The summed E-state index contributed by atoms with van der Waals surface area (Å²) in [6.45, 7) is 3.29. The van der Waals surface area contributed by atoms with Crippen molar-refractivity contribution < 1.29 is 23.0 Å². The lowest BCUT2D eigenvalue weighted by atomic mass is 9.94. The smallest absolute Gasteiger partial charge is 0.319 e. The monoisotopic (exact) mass is 591 g/mol. The van der Waals surface area contributed by atoms with Crippen LogP contribution in [0.3, 0.4) is 0 Å². The summed E-state index contributed by atoms with van der Waals surface area (Å²) in [5.41, 5.74) is 0.281. The second kappa shape index (κ2) is 11.1. The average Bonchev–Trinajstić information content (AvgIpc) is 3.52. The Bertz CT molecular complexity index is 1700. The van der Waals surface area contributed by atoms with Gasteiger partial charge in [0.05, 0.1) is 10.9 Å². The number of benzene rings is 2. The number of rotatable bonds is 7. The van der Waals surface area contributed by atoms with E-state index in [0.717, 1.165) is 45.1 Å². The van der Waals surface area contributed by atoms with Crippen molar-refractivity contribution in [2.24, 2.45) is 0 Å². The molecule has 10 heteroatoms. The van der Waals surface area contributed by atoms with Gasteiger partial charge in [0.25, 0.3) is 0 Å². The fraction of sp³-hybridized carbons (Fsp3) is 0.485. The third-order valence-corrected chi connectivity index (χ3v) is 9.60. The fourth-order valence-corrected chi connectivity index (χ4v) is 7.52. The average molecular weight is 592 g/mol. The maximum atomic E-state index is 16.6. The van der Waals surface area contributed by atoms with Gasteiger partial charge in [0.15, 0.2) is 5.82 Å². The molecule has 2 aromatic heterocycles. The molecule has 4 heterocycles. The zero-order chi connectivity index (χ0) is 29.7. The molecule has 43 heavy (non-hydrogen) atoms. The second-order valence-electron chi connectivity index (χ2n) is 12.4. The molecular formula is C33H36F3N5O2. The lowest BCUT2D eigenvalue weighted by Crippen LogP contribution is -2.43. The molecule has 0 unspecified atom stereocenters. The van der Waals surface area contributed by atoms with Crippen LogP contribution >= 0.6 is 0 Å². The van der Waals surface area contributed by atoms with Gasteiger partial charge in [0, 0.05) is 30.8 Å². The molecule has 1 saturated carbocycles. The van der Waals surface area contributed by atoms with Crippen LogP contribution in [0.25, 0.3) is 32.9 Å². The zero-order valence-electron chi connectivity index (χ0n) is 24.3. The summed E-state index contributed by atoms with van der Waals surface area (Å²) in [6, 6.07) is 6.08. The molecule has 7 nitrogen and oxygen atoms in total. The van der Waals surface area contributed by atoms with Gasteiger partial charge in [-0.3, -0.25) is 9.88 Å². The predicted molar refractivity (Wildman–Crippen MR) is 160 cm³/mol. The van der Waals surface area contributed by atoms with E-state index in [1.807, 2.05) is 6.92 Å². The highest BCUT2D eigenvalue weighted by Gasteiger charge is 2.49. The van der Waals surface area contributed by atoms with Crippen molar-refractivity contribution >= 4 is 27.5 Å². The van der Waals surface area contributed by atoms with Crippen LogP contribution in [0.15, 0.2) is 30.5 Å². The number of pyridine rings is 1. The molecule has 1 aliphatic carbocycles. The first-order valence-corrected chi connectivity index (χ1v) is 15.4. The normalized spacial score (nSPS) is 22.8. The summed E-state index contributed by atoms with van der Waals surface area (Å²) in [7, 11) is 0. The van der Waals surface area contributed by atoms with E-state index >= 15 is 4.39 Å². The van der Waals surface area contributed by atoms with Crippen LogP contribution in [0.5, 0.6) is 11.8 Å². The van der Waals surface area contributed by atoms with Crippen LogP contribution in [0, 0.1) is 11.6 Å². The van der Waals surface area contributed by atoms with Crippen molar-refractivity contribution in [2.75, 3.05) is 25.0 Å². The van der Waals surface area contributed by atoms with E-state index in [0.29, 0.717) is 46.9 Å². The van der Waals surface area contributed by atoms with Crippen LogP contribution in [0.4, 0.5) is 19.0 Å². The molecule has 2 aliphatic heterocycles. The molecule has 4 aromatic rings. The van der Waals surface area contributed by atoms with Crippen LogP contribution in [0.2, 0.25) is 0 Å². The number of phenolic OH excluding ortho intramolecular Hbond substituents is 1. The molecule has 2 saturated heterocycles. The van der Waals surface area contributed by atoms with E-state index in [9.17, 15) is 13.9 Å². The number of aromatic hydroxyl groups is 1. The third kappa shape index (κ3) is 5.03. The minimum absolute atomic E-state index is 0.0199. The van der Waals surface area contributed by atoms with Crippen molar-refractivity contribution in [2.45, 2.75) is 82.5 Å². The van der Waals surface area contributed by atoms with Crippen molar-refractivity contribution in [1.82, 2.24) is 19.9 Å². The zero-order valence-corrected chi connectivity index (χ0v) is 24.3. The molecular weight excluding hydrogens is 555 g/mol. The van der Waals surface area contributed by atoms with Crippen molar-refractivity contribution in [1.29, 1.82) is 0 Å². The van der Waals surface area contributed by atoms with Gasteiger partial charge in [0.2, 0.25) is 0 Å². The minimum atomic E-state index is -0.897. The van der Waals surface area contributed by atoms with Crippen molar-refractivity contribution in [3.8, 4) is 23.0 Å². The molecule has 2 aromatic carbocycles. The summed E-state index contributed by atoms with van der Waals surface area (Å²) < 4.78 is 52.1. The molecule has 7 rings (SSSR count). The van der Waals surface area contributed by atoms with Gasteiger partial charge in [-0.05, 0) is 73.2 Å². The summed E-state index contributed by atoms with van der Waals surface area (Å²) in [5.74, 6) is -0.740. The minimum Gasteiger partial charge on any atom is -0.508 e. The lowest BCUT2D eigenvalue weighted by molar-refractivity contribution is 0.107. The molecule has 3 fully saturated rings. The summed E-state index contributed by atoms with van der Waals surface area (Å²) in [5, 5.41) is 15.5. The summed E-state index contributed by atoms with van der Waals surface area (Å²) in [6.07, 6.45) is 8.57. The SMILES string of the molecule is CCc1c(F)ccc2cc(O)cc(-c3ncc4c(NC5CCCCC5)nc(OC[C@@]56CCCN5C[C@H](F)C6)nc4c3F)c12. The third-order valence-electron chi connectivity index (χ3n) is 9.60. The first-order chi connectivity index (χ1) is 20.8. The number of phenols is 1. The highest BCUT2D eigenvalue weighted by atomic mass is 19.1. The maximum absolute atomic E-state index is 16.6. The van der Waals surface area contributed by atoms with Gasteiger partial charge < -0.3 is 15.2 Å². The maximum Gasteiger partial charge on any atom is 0.319 e. The lowest BCUT2D eigenvalue weighted by Gasteiger charge is -2.31. The number of hydrogen-bond donors (Lipinski definition) is 2. The number of anilines is 1. The Morgan fingerprint density at radius 1 is 1.12 bits per heavy atom. The second-order valence-corrected chi connectivity index (χ2v) is 12.4. The molecule has 226 valence electrons. The van der Waals surface area contributed by atoms with Gasteiger partial charge >= 0.3 is 6.01 Å². The van der Waals surface area contributed by atoms with E-state index in [-0.39, 0.29) is 41.2 Å². The van der Waals surface area contributed by atoms with Gasteiger partial charge in [-0.2, -0.15) is 9.97 Å². The predicted octanol–water partition coefficient (Wildman–Crippen LogP) is 7.09. The molecule has 2 N–H and O–H groups in total. The topological polar surface area (TPSA) is 83.4 Å². The highest BCUT2D eigenvalue weighted by molar-refractivity contribution is 6.01. The Labute approximate surface area is 248 Å². The van der Waals surface area contributed by atoms with Crippen LogP contribution < -0.4 is 10.1 Å². The largest absolute Gasteiger partial charge is 0.508 e. The Kier molecular flexibility index (Phi) is 7.27. The van der Waals surface area contributed by atoms with Crippen LogP contribution in [0.1, 0.15) is 63.9 Å². The number of hydrogen-bond acceptors (Lipinski definition) is 7. The Morgan fingerprint density at radius 2 is 1.95 bits per heavy atom. The summed E-state index contributed by atoms with van der Waals surface area (Å²) in [4.78, 5) is 15.9. The molecule has 0 spiro atoms.